The number of carbonyl (C=O) groups is 3. The molecule has 1 aromatic heterocycles. The summed E-state index contributed by atoms with van der Waals surface area (Å²) in [5, 5.41) is 21.9. The lowest BCUT2D eigenvalue weighted by Crippen LogP contribution is -2.57. The van der Waals surface area contributed by atoms with Gasteiger partial charge in [-0.25, -0.2) is 0 Å². The summed E-state index contributed by atoms with van der Waals surface area (Å²) >= 11 is 0. The van der Waals surface area contributed by atoms with Crippen molar-refractivity contribution in [3.63, 3.8) is 0 Å². The molecule has 0 spiro atoms. The summed E-state index contributed by atoms with van der Waals surface area (Å²) in [6.07, 6.45) is 5.89. The van der Waals surface area contributed by atoms with Crippen LogP contribution in [0.5, 0.6) is 5.75 Å². The zero-order valence-electron chi connectivity index (χ0n) is 20.2. The highest BCUT2D eigenvalue weighted by Crippen LogP contribution is 2.27. The summed E-state index contributed by atoms with van der Waals surface area (Å²) in [7, 11) is 1.54. The van der Waals surface area contributed by atoms with Gasteiger partial charge in [-0.05, 0) is 25.3 Å². The van der Waals surface area contributed by atoms with Gasteiger partial charge in [-0.15, -0.1) is 0 Å². The Kier molecular flexibility index (Phi) is 9.66. The van der Waals surface area contributed by atoms with Gasteiger partial charge in [0.2, 0.25) is 17.6 Å². The standard InChI is InChI=1S/C25H34N4O6/c1-16(30)22(25(33)26-15-18-10-6-7-11-20(18)34-2)29-23(31)19(14-17-8-4-3-5-9-17)28-24(32)21-12-13-27-35-21/h6-7,10-13,16-17,19,22,30H,3-5,8-9,14-15H2,1-2H3,(H,26,33)(H,28,32)(H,29,31)/t16-,19+,22+/m1/s1. The topological polar surface area (TPSA) is 143 Å². The molecule has 10 heteroatoms. The van der Waals surface area contributed by atoms with E-state index in [1.54, 1.807) is 13.2 Å². The fourth-order valence-electron chi connectivity index (χ4n) is 4.35. The predicted molar refractivity (Wildman–Crippen MR) is 127 cm³/mol. The Hall–Kier alpha value is -3.40. The van der Waals surface area contributed by atoms with Crippen LogP contribution in [0.2, 0.25) is 0 Å². The Balaban J connectivity index is 1.67. The van der Waals surface area contributed by atoms with E-state index in [1.165, 1.54) is 19.2 Å². The van der Waals surface area contributed by atoms with Crippen LogP contribution in [0.15, 0.2) is 41.1 Å². The number of nitrogens with one attached hydrogen (secondary N) is 3. The monoisotopic (exact) mass is 486 g/mol. The highest BCUT2D eigenvalue weighted by molar-refractivity contribution is 5.96. The fourth-order valence-corrected chi connectivity index (χ4v) is 4.35. The third-order valence-corrected chi connectivity index (χ3v) is 6.29. The molecule has 1 aliphatic rings. The van der Waals surface area contributed by atoms with Gasteiger partial charge in [0.25, 0.3) is 5.91 Å². The van der Waals surface area contributed by atoms with E-state index < -0.39 is 35.9 Å². The van der Waals surface area contributed by atoms with Crippen molar-refractivity contribution in [3.8, 4) is 5.75 Å². The Morgan fingerprint density at radius 1 is 1.11 bits per heavy atom. The highest BCUT2D eigenvalue weighted by atomic mass is 16.5. The first kappa shape index (κ1) is 26.2. The normalized spacial score (nSPS) is 16.5. The third-order valence-electron chi connectivity index (χ3n) is 6.29. The maximum Gasteiger partial charge on any atom is 0.290 e. The van der Waals surface area contributed by atoms with Crippen molar-refractivity contribution >= 4 is 17.7 Å². The number of methoxy groups -OCH3 is 1. The lowest BCUT2D eigenvalue weighted by atomic mass is 9.84. The van der Waals surface area contributed by atoms with Crippen molar-refractivity contribution in [2.75, 3.05) is 7.11 Å². The molecule has 3 rings (SSSR count). The number of hydrogen-bond donors (Lipinski definition) is 4. The molecule has 4 N–H and O–H groups in total. The molecule has 2 aromatic rings. The first-order valence-corrected chi connectivity index (χ1v) is 12.0. The van der Waals surface area contributed by atoms with Crippen LogP contribution in [0.3, 0.4) is 0 Å². The quantitative estimate of drug-likeness (QED) is 0.380. The molecule has 10 nitrogen and oxygen atoms in total. The van der Waals surface area contributed by atoms with Gasteiger partial charge in [0.15, 0.2) is 0 Å². The number of benzene rings is 1. The van der Waals surface area contributed by atoms with E-state index in [0.29, 0.717) is 12.2 Å². The molecular weight excluding hydrogens is 452 g/mol. The smallest absolute Gasteiger partial charge is 0.290 e. The predicted octanol–water partition coefficient (Wildman–Crippen LogP) is 1.93. The molecule has 1 fully saturated rings. The molecule has 1 aromatic carbocycles. The number of hydrogen-bond acceptors (Lipinski definition) is 7. The number of nitrogens with zero attached hydrogens (tertiary/aromatic N) is 1. The molecule has 35 heavy (non-hydrogen) atoms. The molecule has 0 bridgehead atoms. The van der Waals surface area contributed by atoms with Crippen molar-refractivity contribution < 1.29 is 28.8 Å². The lowest BCUT2D eigenvalue weighted by Gasteiger charge is -2.28. The summed E-state index contributed by atoms with van der Waals surface area (Å²) in [6, 6.07) is 6.56. The third kappa shape index (κ3) is 7.54. The molecule has 0 unspecified atom stereocenters. The van der Waals surface area contributed by atoms with E-state index in [0.717, 1.165) is 37.7 Å². The number of para-hydroxylation sites is 1. The lowest BCUT2D eigenvalue weighted by molar-refractivity contribution is -0.132. The zero-order chi connectivity index (χ0) is 25.2. The second kappa shape index (κ2) is 12.9. The van der Waals surface area contributed by atoms with Crippen LogP contribution in [0.25, 0.3) is 0 Å². The van der Waals surface area contributed by atoms with Gasteiger partial charge >= 0.3 is 0 Å². The molecule has 0 saturated heterocycles. The summed E-state index contributed by atoms with van der Waals surface area (Å²) < 4.78 is 10.2. The van der Waals surface area contributed by atoms with E-state index in [9.17, 15) is 19.5 Å². The molecular formula is C25H34N4O6. The Labute approximate surface area is 204 Å². The van der Waals surface area contributed by atoms with Crippen molar-refractivity contribution in [3.05, 3.63) is 47.9 Å². The number of carbonyl (C=O) groups excluding carboxylic acids is 3. The zero-order valence-corrected chi connectivity index (χ0v) is 20.2. The second-order valence-electron chi connectivity index (χ2n) is 8.90. The summed E-state index contributed by atoms with van der Waals surface area (Å²) in [4.78, 5) is 38.7. The van der Waals surface area contributed by atoms with E-state index in [4.69, 9.17) is 9.26 Å². The van der Waals surface area contributed by atoms with Crippen molar-refractivity contribution in [2.45, 2.75) is 70.2 Å². The molecule has 3 amide bonds. The van der Waals surface area contributed by atoms with Gasteiger partial charge in [-0.2, -0.15) is 0 Å². The molecule has 1 aliphatic carbocycles. The Morgan fingerprint density at radius 3 is 2.51 bits per heavy atom. The maximum absolute atomic E-state index is 13.2. The number of aliphatic hydroxyl groups is 1. The van der Waals surface area contributed by atoms with Crippen LogP contribution in [0, 0.1) is 5.92 Å². The van der Waals surface area contributed by atoms with Gasteiger partial charge in [0, 0.05) is 18.2 Å². The molecule has 3 atom stereocenters. The van der Waals surface area contributed by atoms with Crippen LogP contribution in [0.1, 0.15) is 61.6 Å². The van der Waals surface area contributed by atoms with Gasteiger partial charge in [-0.1, -0.05) is 55.5 Å². The van der Waals surface area contributed by atoms with Crippen molar-refractivity contribution in [1.82, 2.24) is 21.1 Å². The van der Waals surface area contributed by atoms with E-state index >= 15 is 0 Å². The number of aliphatic hydroxyl groups excluding tert-OH is 1. The maximum atomic E-state index is 13.2. The number of ether oxygens (including phenoxy) is 1. The first-order chi connectivity index (χ1) is 16.9. The fraction of sp³-hybridized carbons (Fsp3) is 0.520. The van der Waals surface area contributed by atoms with E-state index in [1.807, 2.05) is 18.2 Å². The van der Waals surface area contributed by atoms with Gasteiger partial charge in [0.05, 0.1) is 19.4 Å². The average molecular weight is 487 g/mol. The molecule has 0 aliphatic heterocycles. The minimum atomic E-state index is -1.20. The molecule has 0 radical (unpaired) electrons. The largest absolute Gasteiger partial charge is 0.496 e. The summed E-state index contributed by atoms with van der Waals surface area (Å²) in [5.74, 6) is -0.758. The van der Waals surface area contributed by atoms with Gasteiger partial charge in [0.1, 0.15) is 17.8 Å². The first-order valence-electron chi connectivity index (χ1n) is 12.0. The molecule has 190 valence electrons. The van der Waals surface area contributed by atoms with Crippen LogP contribution >= 0.6 is 0 Å². The number of rotatable bonds is 11. The van der Waals surface area contributed by atoms with Crippen LogP contribution in [-0.2, 0) is 16.1 Å². The van der Waals surface area contributed by atoms with E-state index in [2.05, 4.69) is 21.1 Å². The minimum Gasteiger partial charge on any atom is -0.496 e. The molecule has 1 heterocycles. The number of amides is 3. The average Bonchev–Trinajstić information content (AvgIpc) is 3.41. The van der Waals surface area contributed by atoms with Crippen LogP contribution in [0.4, 0.5) is 0 Å². The van der Waals surface area contributed by atoms with Crippen LogP contribution < -0.4 is 20.7 Å². The number of aromatic nitrogens is 1. The summed E-state index contributed by atoms with van der Waals surface area (Å²) in [5.41, 5.74) is 0.758. The SMILES string of the molecule is COc1ccccc1CNC(=O)[C@@H](NC(=O)[C@H](CC1CCCCC1)NC(=O)c1ccno1)[C@@H](C)O. The molecule has 1 saturated carbocycles. The summed E-state index contributed by atoms with van der Waals surface area (Å²) in [6.45, 7) is 1.59. The highest BCUT2D eigenvalue weighted by Gasteiger charge is 2.32. The van der Waals surface area contributed by atoms with Gasteiger partial charge in [-0.3, -0.25) is 14.4 Å². The van der Waals surface area contributed by atoms with Gasteiger partial charge < -0.3 is 30.3 Å². The minimum absolute atomic E-state index is 0.00641. The van der Waals surface area contributed by atoms with Crippen molar-refractivity contribution in [2.24, 2.45) is 5.92 Å². The second-order valence-corrected chi connectivity index (χ2v) is 8.90. The van der Waals surface area contributed by atoms with Crippen LogP contribution in [-0.4, -0.2) is 53.3 Å². The Morgan fingerprint density at radius 2 is 1.86 bits per heavy atom. The van der Waals surface area contributed by atoms with Crippen molar-refractivity contribution in [1.29, 1.82) is 0 Å². The van der Waals surface area contributed by atoms with E-state index in [-0.39, 0.29) is 18.2 Å². The Bertz CT molecular complexity index is 972.